The molecule has 0 bridgehead atoms. The van der Waals surface area contributed by atoms with Crippen LogP contribution in [0.2, 0.25) is 0 Å². The van der Waals surface area contributed by atoms with E-state index in [9.17, 15) is 19.8 Å². The van der Waals surface area contributed by atoms with E-state index in [4.69, 9.17) is 4.74 Å². The predicted molar refractivity (Wildman–Crippen MR) is 241 cm³/mol. The maximum Gasteiger partial charge on any atom is 0.306 e. The van der Waals surface area contributed by atoms with E-state index in [1.165, 1.54) is 77.0 Å². The predicted octanol–water partition coefficient (Wildman–Crippen LogP) is 13.4. The second-order valence-corrected chi connectivity index (χ2v) is 15.5. The molecule has 0 aliphatic carbocycles. The molecule has 6 nitrogen and oxygen atoms in total. The van der Waals surface area contributed by atoms with Gasteiger partial charge in [-0.3, -0.25) is 9.59 Å². The van der Waals surface area contributed by atoms with Gasteiger partial charge in [-0.2, -0.15) is 0 Å². The highest BCUT2D eigenvalue weighted by molar-refractivity contribution is 5.77. The van der Waals surface area contributed by atoms with Gasteiger partial charge >= 0.3 is 5.97 Å². The Morgan fingerprint density at radius 2 is 1.00 bits per heavy atom. The normalized spacial score (nSPS) is 14.0. The van der Waals surface area contributed by atoms with Crippen molar-refractivity contribution in [3.05, 3.63) is 72.9 Å². The van der Waals surface area contributed by atoms with Crippen molar-refractivity contribution < 1.29 is 24.5 Å². The Balaban J connectivity index is 4.61. The second-order valence-electron chi connectivity index (χ2n) is 15.5. The highest BCUT2D eigenvalue weighted by Crippen LogP contribution is 2.17. The van der Waals surface area contributed by atoms with Crippen LogP contribution in [0, 0.1) is 0 Å². The number of allylic oxidation sites excluding steroid dienone is 12. The van der Waals surface area contributed by atoms with Gasteiger partial charge in [-0.05, 0) is 64.2 Å². The third kappa shape index (κ3) is 38.2. The van der Waals surface area contributed by atoms with Crippen molar-refractivity contribution in [1.82, 2.24) is 5.32 Å². The summed E-state index contributed by atoms with van der Waals surface area (Å²) >= 11 is 0. The number of ether oxygens (including phenoxy) is 1. The molecule has 0 saturated carbocycles. The first-order chi connectivity index (χ1) is 27.5. The number of rotatable bonds is 40. The molecule has 0 aromatic rings. The summed E-state index contributed by atoms with van der Waals surface area (Å²) in [5.41, 5.74) is 0. The van der Waals surface area contributed by atoms with E-state index in [0.717, 1.165) is 83.5 Å². The van der Waals surface area contributed by atoms with Crippen molar-refractivity contribution in [3.8, 4) is 0 Å². The van der Waals surface area contributed by atoms with Crippen LogP contribution in [-0.4, -0.2) is 46.9 Å². The molecule has 0 rings (SSSR count). The lowest BCUT2D eigenvalue weighted by molar-refractivity contribution is -0.151. The molecule has 0 fully saturated rings. The summed E-state index contributed by atoms with van der Waals surface area (Å²) in [7, 11) is 0. The average molecular weight is 782 g/mol. The summed E-state index contributed by atoms with van der Waals surface area (Å²) in [5, 5.41) is 23.6. The van der Waals surface area contributed by atoms with Crippen LogP contribution in [0.4, 0.5) is 0 Å². The number of unbranched alkanes of at least 4 members (excludes halogenated alkanes) is 20. The minimum absolute atomic E-state index is 0.0459. The summed E-state index contributed by atoms with van der Waals surface area (Å²) in [6.07, 6.45) is 53.9. The molecular formula is C50H87NO5. The molecule has 0 aliphatic heterocycles. The molecule has 0 heterocycles. The number of aliphatic hydroxyl groups is 2. The SMILES string of the molecule is CC/C=C/C=C/C=C\C=C/C=C/CCCCCC(=O)OC(CCCCC/C=C\CCCC)CC(=O)NC(CO)C(O)CCCCCCCCCCCCCCC. The molecule has 3 unspecified atom stereocenters. The highest BCUT2D eigenvalue weighted by atomic mass is 16.5. The number of carbonyl (C=O) groups excluding carboxylic acids is 2. The van der Waals surface area contributed by atoms with Gasteiger partial charge in [-0.25, -0.2) is 0 Å². The fraction of sp³-hybridized carbons (Fsp3) is 0.720. The van der Waals surface area contributed by atoms with Crippen molar-refractivity contribution in [2.75, 3.05) is 6.61 Å². The third-order valence-electron chi connectivity index (χ3n) is 10.1. The van der Waals surface area contributed by atoms with Crippen LogP contribution >= 0.6 is 0 Å². The van der Waals surface area contributed by atoms with E-state index in [1.54, 1.807) is 0 Å². The molecule has 0 aromatic heterocycles. The van der Waals surface area contributed by atoms with Crippen molar-refractivity contribution >= 4 is 11.9 Å². The molecule has 3 N–H and O–H groups in total. The highest BCUT2D eigenvalue weighted by Gasteiger charge is 2.24. The van der Waals surface area contributed by atoms with Gasteiger partial charge in [0.2, 0.25) is 5.91 Å². The van der Waals surface area contributed by atoms with Gasteiger partial charge in [-0.15, -0.1) is 0 Å². The van der Waals surface area contributed by atoms with Crippen LogP contribution < -0.4 is 5.32 Å². The molecule has 0 aliphatic rings. The maximum absolute atomic E-state index is 13.1. The van der Waals surface area contributed by atoms with Crippen molar-refractivity contribution in [1.29, 1.82) is 0 Å². The van der Waals surface area contributed by atoms with Gasteiger partial charge in [0.15, 0.2) is 0 Å². The van der Waals surface area contributed by atoms with E-state index in [2.05, 4.69) is 56.5 Å². The van der Waals surface area contributed by atoms with E-state index in [1.807, 2.05) is 42.5 Å². The van der Waals surface area contributed by atoms with E-state index in [0.29, 0.717) is 19.3 Å². The molecule has 322 valence electrons. The number of hydrogen-bond donors (Lipinski definition) is 3. The molecule has 56 heavy (non-hydrogen) atoms. The monoisotopic (exact) mass is 782 g/mol. The zero-order valence-electron chi connectivity index (χ0n) is 36.5. The van der Waals surface area contributed by atoms with Gasteiger partial charge in [0.1, 0.15) is 6.10 Å². The minimum Gasteiger partial charge on any atom is -0.462 e. The lowest BCUT2D eigenvalue weighted by atomic mass is 10.0. The molecule has 0 radical (unpaired) electrons. The lowest BCUT2D eigenvalue weighted by Crippen LogP contribution is -2.46. The standard InChI is InChI=1S/C50H87NO5/c1-4-7-10-13-16-19-21-23-24-26-28-31-34-37-40-43-50(55)56-46(41-38-35-32-29-18-15-12-9-6-3)44-49(54)51-47(45-52)48(53)42-39-36-33-30-27-25-22-20-17-14-11-8-5-2/h7,10,13,15-16,18-19,21,23-24,26,28,46-48,52-53H,4-6,8-9,11-12,14,17,20,22,25,27,29-45H2,1-3H3,(H,51,54)/b10-7+,16-13+,18-15-,21-19-,24-23-,28-26+. The van der Waals surface area contributed by atoms with E-state index in [-0.39, 0.29) is 24.9 Å². The summed E-state index contributed by atoms with van der Waals surface area (Å²) < 4.78 is 5.86. The first-order valence-electron chi connectivity index (χ1n) is 23.2. The Hall–Kier alpha value is -2.70. The van der Waals surface area contributed by atoms with Crippen LogP contribution in [0.5, 0.6) is 0 Å². The first kappa shape index (κ1) is 53.3. The Morgan fingerprint density at radius 1 is 0.536 bits per heavy atom. The lowest BCUT2D eigenvalue weighted by Gasteiger charge is -2.24. The fourth-order valence-electron chi connectivity index (χ4n) is 6.61. The number of esters is 1. The molecule has 0 aromatic carbocycles. The Bertz CT molecular complexity index is 1060. The summed E-state index contributed by atoms with van der Waals surface area (Å²) in [6.45, 7) is 6.26. The first-order valence-corrected chi connectivity index (χ1v) is 23.2. The van der Waals surface area contributed by atoms with E-state index < -0.39 is 18.2 Å². The Morgan fingerprint density at radius 3 is 1.57 bits per heavy atom. The third-order valence-corrected chi connectivity index (χ3v) is 10.1. The van der Waals surface area contributed by atoms with Crippen molar-refractivity contribution in [3.63, 3.8) is 0 Å². The van der Waals surface area contributed by atoms with Gasteiger partial charge in [0.05, 0.1) is 25.2 Å². The largest absolute Gasteiger partial charge is 0.462 e. The number of hydrogen-bond acceptors (Lipinski definition) is 5. The number of carbonyl (C=O) groups is 2. The van der Waals surface area contributed by atoms with Gasteiger partial charge in [-0.1, -0.05) is 203 Å². The summed E-state index contributed by atoms with van der Waals surface area (Å²) in [4.78, 5) is 25.9. The van der Waals surface area contributed by atoms with Crippen LogP contribution in [0.1, 0.15) is 207 Å². The topological polar surface area (TPSA) is 95.9 Å². The molecule has 0 spiro atoms. The zero-order chi connectivity index (χ0) is 41.0. The van der Waals surface area contributed by atoms with Crippen LogP contribution in [0.25, 0.3) is 0 Å². The quantitative estimate of drug-likeness (QED) is 0.0249. The summed E-state index contributed by atoms with van der Waals surface area (Å²) in [6, 6.07) is -0.716. The number of nitrogens with one attached hydrogen (secondary N) is 1. The van der Waals surface area contributed by atoms with Gasteiger partial charge in [0, 0.05) is 6.42 Å². The fourth-order valence-corrected chi connectivity index (χ4v) is 6.61. The molecule has 1 amide bonds. The van der Waals surface area contributed by atoms with Crippen LogP contribution in [0.3, 0.4) is 0 Å². The zero-order valence-corrected chi connectivity index (χ0v) is 36.5. The molecule has 0 saturated heterocycles. The van der Waals surface area contributed by atoms with Crippen LogP contribution in [-0.2, 0) is 14.3 Å². The Kier molecular flexibility index (Phi) is 41.3. The van der Waals surface area contributed by atoms with Gasteiger partial charge in [0.25, 0.3) is 0 Å². The molecular weight excluding hydrogens is 695 g/mol. The second kappa shape index (κ2) is 43.4. The number of aliphatic hydroxyl groups excluding tert-OH is 2. The number of amides is 1. The summed E-state index contributed by atoms with van der Waals surface area (Å²) in [5.74, 6) is -0.547. The average Bonchev–Trinajstić information content (AvgIpc) is 3.19. The van der Waals surface area contributed by atoms with Gasteiger partial charge < -0.3 is 20.3 Å². The van der Waals surface area contributed by atoms with Crippen LogP contribution in [0.15, 0.2) is 72.9 Å². The molecule has 3 atom stereocenters. The maximum atomic E-state index is 13.1. The smallest absolute Gasteiger partial charge is 0.306 e. The Labute approximate surface area is 345 Å². The van der Waals surface area contributed by atoms with Crippen molar-refractivity contribution in [2.24, 2.45) is 0 Å². The van der Waals surface area contributed by atoms with Crippen molar-refractivity contribution in [2.45, 2.75) is 225 Å². The minimum atomic E-state index is -0.800. The van der Waals surface area contributed by atoms with E-state index >= 15 is 0 Å². The molecule has 6 heteroatoms.